The quantitative estimate of drug-likeness (QED) is 0.108. The van der Waals surface area contributed by atoms with Crippen LogP contribution in [0.15, 0.2) is 0 Å². The van der Waals surface area contributed by atoms with Crippen molar-refractivity contribution in [2.75, 3.05) is 26.4 Å². The van der Waals surface area contributed by atoms with Crippen molar-refractivity contribution >= 4 is 5.91 Å². The lowest BCUT2D eigenvalue weighted by Crippen LogP contribution is -2.68. The summed E-state index contributed by atoms with van der Waals surface area (Å²) in [6.45, 7) is -2.48. The van der Waals surface area contributed by atoms with Gasteiger partial charge in [-0.25, -0.2) is 0 Å². The third-order valence-corrected chi connectivity index (χ3v) is 6.14. The fourth-order valence-corrected chi connectivity index (χ4v) is 4.05. The van der Waals surface area contributed by atoms with Crippen LogP contribution < -0.4 is 5.32 Å². The molecule has 0 unspecified atom stereocenters. The summed E-state index contributed by atoms with van der Waals surface area (Å²) in [5.41, 5.74) is 0. The maximum Gasteiger partial charge on any atom is 0.217 e. The van der Waals surface area contributed by atoms with Crippen molar-refractivity contribution in [2.45, 2.75) is 92.7 Å². The van der Waals surface area contributed by atoms with Crippen molar-refractivity contribution < 1.29 is 79.9 Å². The maximum atomic E-state index is 11.6. The van der Waals surface area contributed by atoms with Gasteiger partial charge in [0.1, 0.15) is 73.2 Å². The average Bonchev–Trinajstić information content (AvgIpc) is 2.88. The van der Waals surface area contributed by atoms with Crippen LogP contribution in [-0.4, -0.2) is 174 Å². The largest absolute Gasteiger partial charge is 0.394 e. The summed E-state index contributed by atoms with van der Waals surface area (Å²) in [5.74, 6) is -0.671. The predicted molar refractivity (Wildman–Crippen MR) is 115 cm³/mol. The molecule has 2 rings (SSSR count). The van der Waals surface area contributed by atoms with Crippen LogP contribution in [0.4, 0.5) is 0 Å². The molecule has 0 aromatic carbocycles. The minimum Gasteiger partial charge on any atom is -0.394 e. The number of aliphatic hydroxyl groups is 11. The van der Waals surface area contributed by atoms with E-state index in [-0.39, 0.29) is 0 Å². The Balaban J connectivity index is 2.33. The summed E-state index contributed by atoms with van der Waals surface area (Å²) in [7, 11) is 0. The molecule has 17 nitrogen and oxygen atoms in total. The standard InChI is InChI=1S/C20H37NO16/c1-6(26)21-11-15(32)13(30)9(4-24)34-19(11)37-18-14(31)10(5-25)35-20(16(18)33)36-17(8(28)3-23)12(29)7(27)2-22/h7-20,22-25,27-33H,2-5H2,1H3,(H,21,26)/t7-,8+,9+,10+,11+,12+,13+,14-,15+,16+,17+,18-,19-,20-/m0/s1. The number of rotatable bonds is 12. The Morgan fingerprint density at radius 1 is 0.811 bits per heavy atom. The van der Waals surface area contributed by atoms with Crippen molar-refractivity contribution in [1.82, 2.24) is 5.32 Å². The van der Waals surface area contributed by atoms with Gasteiger partial charge in [0.05, 0.1) is 26.4 Å². The Hall–Kier alpha value is -1.13. The first-order valence-corrected chi connectivity index (χ1v) is 11.5. The van der Waals surface area contributed by atoms with E-state index in [0.29, 0.717) is 0 Å². The van der Waals surface area contributed by atoms with Gasteiger partial charge in [-0.15, -0.1) is 0 Å². The van der Waals surface area contributed by atoms with E-state index in [4.69, 9.17) is 24.1 Å². The number of amides is 1. The van der Waals surface area contributed by atoms with Gasteiger partial charge < -0.3 is 80.4 Å². The minimum atomic E-state index is -1.99. The first kappa shape index (κ1) is 32.1. The smallest absolute Gasteiger partial charge is 0.217 e. The molecular weight excluding hydrogens is 510 g/mol. The number of carbonyl (C=O) groups excluding carboxylic acids is 1. The highest BCUT2D eigenvalue weighted by molar-refractivity contribution is 5.73. The molecule has 2 heterocycles. The number of hydrogen-bond acceptors (Lipinski definition) is 16. The molecule has 218 valence electrons. The molecule has 0 radical (unpaired) electrons. The Kier molecular flexibility index (Phi) is 12.4. The van der Waals surface area contributed by atoms with Crippen molar-refractivity contribution in [3.8, 4) is 0 Å². The van der Waals surface area contributed by atoms with E-state index in [0.717, 1.165) is 6.92 Å². The lowest BCUT2D eigenvalue weighted by atomic mass is 9.95. The third kappa shape index (κ3) is 7.50. The van der Waals surface area contributed by atoms with Gasteiger partial charge in [-0.1, -0.05) is 0 Å². The lowest BCUT2D eigenvalue weighted by Gasteiger charge is -2.47. The number of carbonyl (C=O) groups is 1. The van der Waals surface area contributed by atoms with Crippen molar-refractivity contribution in [1.29, 1.82) is 0 Å². The first-order valence-electron chi connectivity index (χ1n) is 11.5. The van der Waals surface area contributed by atoms with E-state index in [2.05, 4.69) is 5.32 Å². The van der Waals surface area contributed by atoms with Crippen molar-refractivity contribution in [3.05, 3.63) is 0 Å². The monoisotopic (exact) mass is 547 g/mol. The molecule has 1 amide bonds. The number of hydrogen-bond donors (Lipinski definition) is 12. The molecular formula is C20H37NO16. The van der Waals surface area contributed by atoms with Gasteiger partial charge in [-0.05, 0) is 0 Å². The fraction of sp³-hybridized carbons (Fsp3) is 0.950. The van der Waals surface area contributed by atoms with Crippen LogP contribution in [0.25, 0.3) is 0 Å². The molecule has 0 saturated carbocycles. The number of ether oxygens (including phenoxy) is 4. The number of nitrogens with one attached hydrogen (secondary N) is 1. The van der Waals surface area contributed by atoms with Crippen molar-refractivity contribution in [3.63, 3.8) is 0 Å². The normalized spacial score (nSPS) is 40.0. The fourth-order valence-electron chi connectivity index (χ4n) is 4.05. The van der Waals surface area contributed by atoms with E-state index in [1.807, 2.05) is 0 Å². The van der Waals surface area contributed by atoms with E-state index >= 15 is 0 Å². The van der Waals surface area contributed by atoms with E-state index < -0.39 is 118 Å². The van der Waals surface area contributed by atoms with Crippen LogP contribution >= 0.6 is 0 Å². The highest BCUT2D eigenvalue weighted by atomic mass is 16.7. The van der Waals surface area contributed by atoms with Gasteiger partial charge in [0.25, 0.3) is 0 Å². The van der Waals surface area contributed by atoms with E-state index in [1.165, 1.54) is 0 Å². The SMILES string of the molecule is CC(=O)N[C@H]1[C@H](O[C@H]2[C@@H](O)[C@@H](CO)O[C@@H](O[C@@H]([C@H](O)[C@@H](O)CO)[C@H](O)CO)[C@@H]2O)O[C@H](CO)[C@@H](O)[C@@H]1O. The maximum absolute atomic E-state index is 11.6. The molecule has 17 heteroatoms. The zero-order valence-electron chi connectivity index (χ0n) is 19.9. The molecule has 0 bridgehead atoms. The molecule has 0 aromatic heterocycles. The Morgan fingerprint density at radius 3 is 1.86 bits per heavy atom. The molecule has 0 spiro atoms. The summed E-state index contributed by atoms with van der Waals surface area (Å²) in [4.78, 5) is 11.6. The zero-order chi connectivity index (χ0) is 28.0. The van der Waals surface area contributed by atoms with Gasteiger partial charge in [-0.2, -0.15) is 0 Å². The topological polar surface area (TPSA) is 289 Å². The van der Waals surface area contributed by atoms with Crippen LogP contribution in [0.1, 0.15) is 6.92 Å². The second-order valence-corrected chi connectivity index (χ2v) is 8.83. The molecule has 2 aliphatic heterocycles. The van der Waals surface area contributed by atoms with Gasteiger partial charge in [0.2, 0.25) is 5.91 Å². The van der Waals surface area contributed by atoms with E-state index in [9.17, 15) is 55.9 Å². The Labute approximate surface area is 211 Å². The highest BCUT2D eigenvalue weighted by Crippen LogP contribution is 2.30. The van der Waals surface area contributed by atoms with Crippen LogP contribution in [0.2, 0.25) is 0 Å². The van der Waals surface area contributed by atoms with Gasteiger partial charge in [0.15, 0.2) is 12.6 Å². The molecule has 12 N–H and O–H groups in total. The summed E-state index contributed by atoms with van der Waals surface area (Å²) in [5, 5.41) is 112. The van der Waals surface area contributed by atoms with Crippen LogP contribution in [0.3, 0.4) is 0 Å². The zero-order valence-corrected chi connectivity index (χ0v) is 19.9. The molecule has 0 aliphatic carbocycles. The predicted octanol–water partition coefficient (Wildman–Crippen LogP) is -7.79. The summed E-state index contributed by atoms with van der Waals surface area (Å²) >= 11 is 0. The van der Waals surface area contributed by atoms with Crippen molar-refractivity contribution in [2.24, 2.45) is 0 Å². The second kappa shape index (κ2) is 14.3. The third-order valence-electron chi connectivity index (χ3n) is 6.14. The van der Waals surface area contributed by atoms with Gasteiger partial charge in [-0.3, -0.25) is 4.79 Å². The summed E-state index contributed by atoms with van der Waals surface area (Å²) < 4.78 is 21.7. The average molecular weight is 548 g/mol. The summed E-state index contributed by atoms with van der Waals surface area (Å²) in [6, 6.07) is -1.45. The molecule has 14 atom stereocenters. The molecule has 2 aliphatic rings. The Bertz CT molecular complexity index is 703. The van der Waals surface area contributed by atoms with Crippen LogP contribution in [0, 0.1) is 0 Å². The second-order valence-electron chi connectivity index (χ2n) is 8.83. The number of aliphatic hydroxyl groups excluding tert-OH is 11. The minimum absolute atomic E-state index is 0.671. The molecule has 37 heavy (non-hydrogen) atoms. The van der Waals surface area contributed by atoms with Crippen LogP contribution in [0.5, 0.6) is 0 Å². The van der Waals surface area contributed by atoms with Crippen LogP contribution in [-0.2, 0) is 23.7 Å². The lowest BCUT2D eigenvalue weighted by molar-refractivity contribution is -0.359. The summed E-state index contributed by atoms with van der Waals surface area (Å²) in [6.07, 6.45) is -22.9. The highest BCUT2D eigenvalue weighted by Gasteiger charge is 2.52. The molecule has 2 saturated heterocycles. The van der Waals surface area contributed by atoms with Gasteiger partial charge in [0, 0.05) is 6.92 Å². The molecule has 2 fully saturated rings. The van der Waals surface area contributed by atoms with E-state index in [1.54, 1.807) is 0 Å². The Morgan fingerprint density at radius 2 is 1.35 bits per heavy atom. The molecule has 0 aromatic rings. The van der Waals surface area contributed by atoms with Gasteiger partial charge >= 0.3 is 0 Å². The first-order chi connectivity index (χ1) is 17.4.